The molecule has 0 aliphatic rings. The molecule has 0 aliphatic carbocycles. The van der Waals surface area contributed by atoms with Crippen LogP contribution < -0.4 is 4.57 Å². The molecule has 0 spiro atoms. The molecule has 23 heavy (non-hydrogen) atoms. The van der Waals surface area contributed by atoms with E-state index in [2.05, 4.69) is 42.1 Å². The van der Waals surface area contributed by atoms with Gasteiger partial charge in [-0.3, -0.25) is 0 Å². The molecule has 1 aromatic rings. The molecule has 0 bridgehead atoms. The zero-order valence-electron chi connectivity index (χ0n) is 14.9. The number of pyridine rings is 1. The van der Waals surface area contributed by atoms with Gasteiger partial charge in [0, 0.05) is 18.6 Å². The Morgan fingerprint density at radius 3 is 1.35 bits per heavy atom. The van der Waals surface area contributed by atoms with Gasteiger partial charge in [-0.05, 0) is 6.42 Å². The SMILES string of the molecule is C.CCCCCCCCCCCCCCCC[n+]1ccccc1. The van der Waals surface area contributed by atoms with Gasteiger partial charge in [0.15, 0.2) is 12.4 Å². The molecular formula is C22H42N+. The highest BCUT2D eigenvalue weighted by atomic mass is 14.9. The average Bonchev–Trinajstić information content (AvgIpc) is 2.56. The van der Waals surface area contributed by atoms with Crippen molar-refractivity contribution in [3.8, 4) is 0 Å². The molecule has 0 aliphatic heterocycles. The van der Waals surface area contributed by atoms with E-state index >= 15 is 0 Å². The number of unbranched alkanes of at least 4 members (excludes halogenated alkanes) is 13. The van der Waals surface area contributed by atoms with E-state index in [1.165, 1.54) is 96.4 Å². The Balaban J connectivity index is 0.00000484. The maximum Gasteiger partial charge on any atom is 0.168 e. The average molecular weight is 321 g/mol. The minimum atomic E-state index is 0. The van der Waals surface area contributed by atoms with Gasteiger partial charge >= 0.3 is 0 Å². The Labute approximate surface area is 146 Å². The topological polar surface area (TPSA) is 3.88 Å². The fourth-order valence-corrected chi connectivity index (χ4v) is 3.07. The second-order valence-corrected chi connectivity index (χ2v) is 6.71. The van der Waals surface area contributed by atoms with Gasteiger partial charge in [0.2, 0.25) is 0 Å². The maximum atomic E-state index is 2.29. The van der Waals surface area contributed by atoms with Crippen molar-refractivity contribution in [2.75, 3.05) is 0 Å². The quantitative estimate of drug-likeness (QED) is 0.240. The first-order valence-electron chi connectivity index (χ1n) is 9.87. The van der Waals surface area contributed by atoms with E-state index in [0.717, 1.165) is 0 Å². The highest BCUT2D eigenvalue weighted by Gasteiger charge is 1.98. The second-order valence-electron chi connectivity index (χ2n) is 6.71. The third-order valence-electron chi connectivity index (χ3n) is 4.55. The predicted octanol–water partition coefficient (Wildman–Crippen LogP) is 7.09. The van der Waals surface area contributed by atoms with Gasteiger partial charge < -0.3 is 0 Å². The minimum absolute atomic E-state index is 0. The molecule has 0 N–H and O–H groups in total. The normalized spacial score (nSPS) is 10.5. The lowest BCUT2D eigenvalue weighted by atomic mass is 10.0. The molecule has 134 valence electrons. The van der Waals surface area contributed by atoms with Crippen molar-refractivity contribution in [3.05, 3.63) is 30.6 Å². The summed E-state index contributed by atoms with van der Waals surface area (Å²) >= 11 is 0. The summed E-state index contributed by atoms with van der Waals surface area (Å²) in [5.74, 6) is 0. The van der Waals surface area contributed by atoms with Gasteiger partial charge in [0.1, 0.15) is 6.54 Å². The highest BCUT2D eigenvalue weighted by Crippen LogP contribution is 2.12. The lowest BCUT2D eigenvalue weighted by Gasteiger charge is -2.02. The van der Waals surface area contributed by atoms with Crippen LogP contribution in [0.5, 0.6) is 0 Å². The van der Waals surface area contributed by atoms with Gasteiger partial charge in [-0.15, -0.1) is 0 Å². The molecule has 1 rings (SSSR count). The van der Waals surface area contributed by atoms with Crippen molar-refractivity contribution in [2.24, 2.45) is 0 Å². The summed E-state index contributed by atoms with van der Waals surface area (Å²) in [6.45, 7) is 3.47. The van der Waals surface area contributed by atoms with Crippen molar-refractivity contribution < 1.29 is 4.57 Å². The van der Waals surface area contributed by atoms with Crippen molar-refractivity contribution in [1.82, 2.24) is 0 Å². The van der Waals surface area contributed by atoms with E-state index < -0.39 is 0 Å². The molecule has 1 aromatic heterocycles. The lowest BCUT2D eigenvalue weighted by Crippen LogP contribution is -2.32. The Bertz CT molecular complexity index is 320. The van der Waals surface area contributed by atoms with Gasteiger partial charge in [0.05, 0.1) is 0 Å². The van der Waals surface area contributed by atoms with E-state index in [9.17, 15) is 0 Å². The summed E-state index contributed by atoms with van der Waals surface area (Å²) < 4.78 is 2.29. The van der Waals surface area contributed by atoms with E-state index in [4.69, 9.17) is 0 Å². The third kappa shape index (κ3) is 14.5. The molecule has 0 saturated heterocycles. The first kappa shape index (κ1) is 22.1. The Kier molecular flexibility index (Phi) is 16.9. The fourth-order valence-electron chi connectivity index (χ4n) is 3.07. The zero-order valence-corrected chi connectivity index (χ0v) is 14.9. The first-order chi connectivity index (χ1) is 10.9. The third-order valence-corrected chi connectivity index (χ3v) is 4.55. The molecule has 0 saturated carbocycles. The van der Waals surface area contributed by atoms with E-state index in [-0.39, 0.29) is 7.43 Å². The van der Waals surface area contributed by atoms with E-state index in [0.29, 0.717) is 0 Å². The molecule has 0 amide bonds. The van der Waals surface area contributed by atoms with Crippen LogP contribution in [-0.2, 0) is 6.54 Å². The van der Waals surface area contributed by atoms with Crippen molar-refractivity contribution in [1.29, 1.82) is 0 Å². The molecular weight excluding hydrogens is 278 g/mol. The first-order valence-corrected chi connectivity index (χ1v) is 9.87. The molecule has 0 aromatic carbocycles. The van der Waals surface area contributed by atoms with Crippen LogP contribution in [0.4, 0.5) is 0 Å². The van der Waals surface area contributed by atoms with Crippen LogP contribution in [-0.4, -0.2) is 0 Å². The summed E-state index contributed by atoms with van der Waals surface area (Å²) in [5.41, 5.74) is 0. The molecule has 1 nitrogen and oxygen atoms in total. The largest absolute Gasteiger partial charge is 0.205 e. The second kappa shape index (κ2) is 17.5. The zero-order chi connectivity index (χ0) is 15.7. The van der Waals surface area contributed by atoms with Gasteiger partial charge in [-0.25, -0.2) is 4.57 Å². The number of hydrogen-bond donors (Lipinski definition) is 0. The lowest BCUT2D eigenvalue weighted by molar-refractivity contribution is -0.697. The van der Waals surface area contributed by atoms with Gasteiger partial charge in [0.25, 0.3) is 0 Å². The van der Waals surface area contributed by atoms with Crippen LogP contribution in [0, 0.1) is 0 Å². The molecule has 1 heteroatoms. The molecule has 0 unspecified atom stereocenters. The van der Waals surface area contributed by atoms with Crippen LogP contribution in [0.25, 0.3) is 0 Å². The molecule has 0 radical (unpaired) electrons. The standard InChI is InChI=1S/C21H38N.CH4/c1-2-3-4-5-6-7-8-9-10-11-12-13-14-16-19-22-20-17-15-18-21-22;/h15,17-18,20-21H,2-14,16,19H2,1H3;1H4/q+1;. The molecule has 1 heterocycles. The molecule has 0 atom stereocenters. The molecule has 0 fully saturated rings. The summed E-state index contributed by atoms with van der Waals surface area (Å²) in [6, 6.07) is 6.31. The summed E-state index contributed by atoms with van der Waals surface area (Å²) in [6.07, 6.45) is 24.4. The number of nitrogens with zero attached hydrogens (tertiary/aromatic N) is 1. The minimum Gasteiger partial charge on any atom is -0.205 e. The summed E-state index contributed by atoms with van der Waals surface area (Å²) in [5, 5.41) is 0. The van der Waals surface area contributed by atoms with Crippen molar-refractivity contribution in [2.45, 2.75) is 111 Å². The summed E-state index contributed by atoms with van der Waals surface area (Å²) in [4.78, 5) is 0. The Morgan fingerprint density at radius 2 is 0.913 bits per heavy atom. The van der Waals surface area contributed by atoms with Crippen LogP contribution >= 0.6 is 0 Å². The van der Waals surface area contributed by atoms with Crippen molar-refractivity contribution in [3.63, 3.8) is 0 Å². The Morgan fingerprint density at radius 1 is 0.522 bits per heavy atom. The predicted molar refractivity (Wildman–Crippen MR) is 104 cm³/mol. The number of aromatic nitrogens is 1. The number of hydrogen-bond acceptors (Lipinski definition) is 0. The van der Waals surface area contributed by atoms with Crippen LogP contribution in [0.15, 0.2) is 30.6 Å². The van der Waals surface area contributed by atoms with Gasteiger partial charge in [-0.2, -0.15) is 0 Å². The monoisotopic (exact) mass is 320 g/mol. The Hall–Kier alpha value is -0.850. The summed E-state index contributed by atoms with van der Waals surface area (Å²) in [7, 11) is 0. The highest BCUT2D eigenvalue weighted by molar-refractivity contribution is 4.83. The van der Waals surface area contributed by atoms with Crippen LogP contribution in [0.1, 0.15) is 104 Å². The van der Waals surface area contributed by atoms with E-state index in [1.807, 2.05) is 0 Å². The fraction of sp³-hybridized carbons (Fsp3) is 0.773. The van der Waals surface area contributed by atoms with E-state index in [1.54, 1.807) is 0 Å². The van der Waals surface area contributed by atoms with Crippen LogP contribution in [0.2, 0.25) is 0 Å². The number of aryl methyl sites for hydroxylation is 1. The number of rotatable bonds is 15. The maximum absolute atomic E-state index is 2.29. The smallest absolute Gasteiger partial charge is 0.168 e. The van der Waals surface area contributed by atoms with Crippen LogP contribution in [0.3, 0.4) is 0 Å². The van der Waals surface area contributed by atoms with Gasteiger partial charge in [-0.1, -0.05) is 97.5 Å². The van der Waals surface area contributed by atoms with Crippen molar-refractivity contribution >= 4 is 0 Å².